The second-order valence-electron chi connectivity index (χ2n) is 2.58. The predicted molar refractivity (Wildman–Crippen MR) is 50.4 cm³/mol. The van der Waals surface area contributed by atoms with E-state index in [1.807, 2.05) is 0 Å². The highest BCUT2D eigenvalue weighted by molar-refractivity contribution is 9.10. The molecule has 0 unspecified atom stereocenters. The SMILES string of the molecule is FC(F)Oc1cc2nc[nH]c2cc1Br. The van der Waals surface area contributed by atoms with Crippen molar-refractivity contribution in [3.05, 3.63) is 22.9 Å². The van der Waals surface area contributed by atoms with Gasteiger partial charge in [0.25, 0.3) is 0 Å². The zero-order valence-corrected chi connectivity index (χ0v) is 8.38. The van der Waals surface area contributed by atoms with Gasteiger partial charge in [-0.1, -0.05) is 0 Å². The Kier molecular flexibility index (Phi) is 2.37. The average molecular weight is 263 g/mol. The number of alkyl halides is 2. The van der Waals surface area contributed by atoms with Crippen molar-refractivity contribution in [1.82, 2.24) is 9.97 Å². The van der Waals surface area contributed by atoms with Crippen molar-refractivity contribution in [2.24, 2.45) is 0 Å². The Balaban J connectivity index is 2.48. The Hall–Kier alpha value is -1.17. The normalized spacial score (nSPS) is 11.1. The monoisotopic (exact) mass is 262 g/mol. The van der Waals surface area contributed by atoms with Crippen LogP contribution in [0.4, 0.5) is 8.78 Å². The topological polar surface area (TPSA) is 37.9 Å². The first-order valence-electron chi connectivity index (χ1n) is 3.74. The molecule has 0 bridgehead atoms. The minimum atomic E-state index is -2.83. The molecule has 14 heavy (non-hydrogen) atoms. The molecule has 74 valence electrons. The van der Waals surface area contributed by atoms with Crippen LogP contribution in [0.2, 0.25) is 0 Å². The number of halogens is 3. The molecule has 1 N–H and O–H groups in total. The van der Waals surface area contributed by atoms with Crippen molar-refractivity contribution in [2.75, 3.05) is 0 Å². The standard InChI is InChI=1S/C8H5BrF2N2O/c9-4-1-5-6(13-3-12-5)2-7(4)14-8(10)11/h1-3,8H,(H,12,13). The predicted octanol–water partition coefficient (Wildman–Crippen LogP) is 2.93. The van der Waals surface area contributed by atoms with Crippen LogP contribution in [0.25, 0.3) is 11.0 Å². The van der Waals surface area contributed by atoms with Crippen LogP contribution in [0.3, 0.4) is 0 Å². The first-order valence-corrected chi connectivity index (χ1v) is 4.53. The van der Waals surface area contributed by atoms with Crippen LogP contribution in [0.1, 0.15) is 0 Å². The molecular formula is C8H5BrF2N2O. The van der Waals surface area contributed by atoms with Gasteiger partial charge in [-0.25, -0.2) is 4.98 Å². The minimum Gasteiger partial charge on any atom is -0.434 e. The number of hydrogen-bond donors (Lipinski definition) is 1. The second kappa shape index (κ2) is 3.53. The molecule has 2 aromatic rings. The van der Waals surface area contributed by atoms with Gasteiger partial charge in [-0.05, 0) is 22.0 Å². The molecule has 0 saturated heterocycles. The van der Waals surface area contributed by atoms with Crippen LogP contribution >= 0.6 is 15.9 Å². The first-order chi connectivity index (χ1) is 6.66. The van der Waals surface area contributed by atoms with E-state index < -0.39 is 6.61 Å². The van der Waals surface area contributed by atoms with Crippen molar-refractivity contribution in [1.29, 1.82) is 0 Å². The molecule has 3 nitrogen and oxygen atoms in total. The van der Waals surface area contributed by atoms with Gasteiger partial charge in [0, 0.05) is 6.07 Å². The smallest absolute Gasteiger partial charge is 0.387 e. The fourth-order valence-electron chi connectivity index (χ4n) is 1.12. The van der Waals surface area contributed by atoms with Crippen LogP contribution in [-0.2, 0) is 0 Å². The molecule has 0 aliphatic carbocycles. The summed E-state index contributed by atoms with van der Waals surface area (Å²) in [7, 11) is 0. The summed E-state index contributed by atoms with van der Waals surface area (Å²) in [5.41, 5.74) is 1.35. The molecule has 0 aliphatic rings. The lowest BCUT2D eigenvalue weighted by molar-refractivity contribution is -0.0502. The fraction of sp³-hybridized carbons (Fsp3) is 0.125. The summed E-state index contributed by atoms with van der Waals surface area (Å²) < 4.78 is 28.7. The lowest BCUT2D eigenvalue weighted by Gasteiger charge is -2.05. The zero-order chi connectivity index (χ0) is 10.1. The van der Waals surface area contributed by atoms with Gasteiger partial charge in [0.1, 0.15) is 5.75 Å². The van der Waals surface area contributed by atoms with E-state index in [1.54, 1.807) is 6.07 Å². The molecule has 1 heterocycles. The molecule has 1 aromatic heterocycles. The number of ether oxygens (including phenoxy) is 1. The Morgan fingerprint density at radius 3 is 2.93 bits per heavy atom. The summed E-state index contributed by atoms with van der Waals surface area (Å²) in [5, 5.41) is 0. The van der Waals surface area contributed by atoms with Crippen LogP contribution in [0.15, 0.2) is 22.9 Å². The summed E-state index contributed by atoms with van der Waals surface area (Å²) in [6.07, 6.45) is 1.49. The van der Waals surface area contributed by atoms with Gasteiger partial charge in [0.2, 0.25) is 0 Å². The highest BCUT2D eigenvalue weighted by Gasteiger charge is 2.10. The maximum Gasteiger partial charge on any atom is 0.387 e. The van der Waals surface area contributed by atoms with Crippen LogP contribution < -0.4 is 4.74 Å². The number of imidazole rings is 1. The number of rotatable bonds is 2. The van der Waals surface area contributed by atoms with Gasteiger partial charge in [-0.3, -0.25) is 0 Å². The van der Waals surface area contributed by atoms with Gasteiger partial charge in [-0.15, -0.1) is 0 Å². The van der Waals surface area contributed by atoms with E-state index >= 15 is 0 Å². The molecule has 0 fully saturated rings. The Morgan fingerprint density at radius 1 is 1.43 bits per heavy atom. The van der Waals surface area contributed by atoms with Crippen LogP contribution in [0.5, 0.6) is 5.75 Å². The van der Waals surface area contributed by atoms with E-state index in [0.29, 0.717) is 9.99 Å². The Morgan fingerprint density at radius 2 is 2.21 bits per heavy atom. The number of H-pyrrole nitrogens is 1. The molecule has 6 heteroatoms. The molecule has 1 aromatic carbocycles. The zero-order valence-electron chi connectivity index (χ0n) is 6.80. The van der Waals surface area contributed by atoms with Crippen LogP contribution in [-0.4, -0.2) is 16.6 Å². The summed E-state index contributed by atoms with van der Waals surface area (Å²) in [6, 6.07) is 3.09. The number of hydrogen-bond acceptors (Lipinski definition) is 2. The number of aromatic nitrogens is 2. The number of nitrogens with one attached hydrogen (secondary N) is 1. The maximum absolute atomic E-state index is 12.0. The van der Waals surface area contributed by atoms with Gasteiger partial charge in [0.15, 0.2) is 0 Å². The molecule has 0 radical (unpaired) electrons. The molecule has 0 aliphatic heterocycles. The summed E-state index contributed by atoms with van der Waals surface area (Å²) >= 11 is 3.12. The largest absolute Gasteiger partial charge is 0.434 e. The van der Waals surface area contributed by atoms with Gasteiger partial charge < -0.3 is 9.72 Å². The van der Waals surface area contributed by atoms with Gasteiger partial charge in [0.05, 0.1) is 21.8 Å². The lowest BCUT2D eigenvalue weighted by Crippen LogP contribution is -2.02. The lowest BCUT2D eigenvalue weighted by atomic mass is 10.3. The summed E-state index contributed by atoms with van der Waals surface area (Å²) in [4.78, 5) is 6.78. The van der Waals surface area contributed by atoms with Crippen molar-refractivity contribution in [3.63, 3.8) is 0 Å². The van der Waals surface area contributed by atoms with E-state index in [2.05, 4.69) is 30.6 Å². The van der Waals surface area contributed by atoms with Crippen molar-refractivity contribution >= 4 is 27.0 Å². The minimum absolute atomic E-state index is 0.0830. The highest BCUT2D eigenvalue weighted by Crippen LogP contribution is 2.29. The van der Waals surface area contributed by atoms with E-state index in [4.69, 9.17) is 0 Å². The van der Waals surface area contributed by atoms with E-state index in [9.17, 15) is 8.78 Å². The van der Waals surface area contributed by atoms with Gasteiger partial charge >= 0.3 is 6.61 Å². The van der Waals surface area contributed by atoms with E-state index in [-0.39, 0.29) is 5.75 Å². The molecule has 0 amide bonds. The highest BCUT2D eigenvalue weighted by atomic mass is 79.9. The third-order valence-corrected chi connectivity index (χ3v) is 2.31. The second-order valence-corrected chi connectivity index (χ2v) is 3.44. The Labute approximate surface area is 86.2 Å². The van der Waals surface area contributed by atoms with Crippen LogP contribution in [0, 0.1) is 0 Å². The summed E-state index contributed by atoms with van der Waals surface area (Å²) in [6.45, 7) is -2.83. The molecule has 0 saturated carbocycles. The molecular weight excluding hydrogens is 258 g/mol. The number of nitrogens with zero attached hydrogens (tertiary/aromatic N) is 1. The quantitative estimate of drug-likeness (QED) is 0.904. The maximum atomic E-state index is 12.0. The molecule has 2 rings (SSSR count). The number of aromatic amines is 1. The first kappa shape index (κ1) is 9.39. The van der Waals surface area contributed by atoms with Crippen molar-refractivity contribution < 1.29 is 13.5 Å². The van der Waals surface area contributed by atoms with Crippen molar-refractivity contribution in [3.8, 4) is 5.75 Å². The van der Waals surface area contributed by atoms with E-state index in [0.717, 1.165) is 5.52 Å². The number of benzene rings is 1. The van der Waals surface area contributed by atoms with Gasteiger partial charge in [-0.2, -0.15) is 8.78 Å². The average Bonchev–Trinajstić information content (AvgIpc) is 2.51. The summed E-state index contributed by atoms with van der Waals surface area (Å²) in [5.74, 6) is 0.0830. The third kappa shape index (κ3) is 1.70. The molecule has 0 atom stereocenters. The fourth-order valence-corrected chi connectivity index (χ4v) is 1.56. The number of fused-ring (bicyclic) bond motifs is 1. The third-order valence-electron chi connectivity index (χ3n) is 1.69. The molecule has 0 spiro atoms. The van der Waals surface area contributed by atoms with Crippen molar-refractivity contribution in [2.45, 2.75) is 6.61 Å². The van der Waals surface area contributed by atoms with E-state index in [1.165, 1.54) is 12.4 Å². The Bertz CT molecular complexity index is 458.